The van der Waals surface area contributed by atoms with E-state index in [2.05, 4.69) is 16.9 Å². The van der Waals surface area contributed by atoms with Crippen LogP contribution in [0.1, 0.15) is 42.6 Å². The number of nitrogens with zero attached hydrogens (tertiary/aromatic N) is 2. The van der Waals surface area contributed by atoms with Crippen LogP contribution in [0.3, 0.4) is 0 Å². The van der Waals surface area contributed by atoms with Gasteiger partial charge >= 0.3 is 23.1 Å². The minimum absolute atomic E-state index is 0. The summed E-state index contributed by atoms with van der Waals surface area (Å²) >= 11 is 0. The first-order valence-corrected chi connectivity index (χ1v) is 11.6. The van der Waals surface area contributed by atoms with Crippen LogP contribution in [0.4, 0.5) is 0 Å². The number of aldehydes is 1. The van der Waals surface area contributed by atoms with Crippen molar-refractivity contribution in [3.05, 3.63) is 104 Å². The Bertz CT molecular complexity index is 1210. The van der Waals surface area contributed by atoms with Crippen LogP contribution in [0, 0.1) is 6.92 Å². The molecule has 0 saturated carbocycles. The Morgan fingerprint density at radius 1 is 0.816 bits per heavy atom. The fourth-order valence-electron chi connectivity index (χ4n) is 3.23. The number of hydrogen-bond acceptors (Lipinski definition) is 6. The maximum Gasteiger partial charge on any atom is 2.00 e. The molecule has 4 aromatic rings. The number of rotatable bonds is 7. The number of benzene rings is 2. The Morgan fingerprint density at radius 3 is 1.68 bits per heavy atom. The van der Waals surface area contributed by atoms with Gasteiger partial charge in [0.05, 0.1) is 26.0 Å². The molecule has 196 valence electrons. The Labute approximate surface area is 252 Å². The first-order chi connectivity index (χ1) is 17.6. The van der Waals surface area contributed by atoms with Gasteiger partial charge in [0.25, 0.3) is 0 Å². The summed E-state index contributed by atoms with van der Waals surface area (Å²) < 4.78 is 10.3. The molecule has 8 heteroatoms. The molecule has 0 spiro atoms. The van der Waals surface area contributed by atoms with Crippen LogP contribution in [-0.4, -0.2) is 58.6 Å². The number of halogens is 1. The molecule has 0 bridgehead atoms. The maximum atomic E-state index is 10.5. The van der Waals surface area contributed by atoms with E-state index >= 15 is 0 Å². The van der Waals surface area contributed by atoms with E-state index in [4.69, 9.17) is 9.47 Å². The third kappa shape index (κ3) is 10.5. The summed E-state index contributed by atoms with van der Waals surface area (Å²) in [5.41, 5.74) is 5.20. The number of carbonyl (C=O) groups excluding carboxylic acids is 1. The summed E-state index contributed by atoms with van der Waals surface area (Å²) in [4.78, 5) is 18.8. The number of ether oxygens (including phenoxy) is 2. The van der Waals surface area contributed by atoms with Crippen LogP contribution in [0.5, 0.6) is 11.5 Å². The van der Waals surface area contributed by atoms with E-state index in [1.165, 1.54) is 0 Å². The fourth-order valence-corrected chi connectivity index (χ4v) is 3.23. The molecular weight excluding hydrogens is 557 g/mol. The molecule has 4 rings (SSSR count). The van der Waals surface area contributed by atoms with E-state index in [1.807, 2.05) is 73.7 Å². The predicted molar refractivity (Wildman–Crippen MR) is 150 cm³/mol. The van der Waals surface area contributed by atoms with Crippen LogP contribution in [0.2, 0.25) is 0 Å². The molecule has 38 heavy (non-hydrogen) atoms. The number of aliphatic hydroxyl groups is 1. The SMILES string of the molecule is CCC(O)c1ccc(-c2cccc(OC)c2)cn1.COc1cccc(-c2ccc(C=O)nc2)c1.[Br-].[CH2-]C.[Mg+2]. The van der Waals surface area contributed by atoms with Gasteiger partial charge in [-0.1, -0.05) is 43.3 Å². The monoisotopic (exact) mass is 588 g/mol. The number of carbonyl (C=O) groups is 1. The Morgan fingerprint density at radius 2 is 1.32 bits per heavy atom. The molecule has 0 aliphatic rings. The second-order valence-electron chi connectivity index (χ2n) is 7.45. The maximum absolute atomic E-state index is 10.5. The zero-order chi connectivity index (χ0) is 26.3. The molecule has 0 radical (unpaired) electrons. The van der Waals surface area contributed by atoms with Crippen molar-refractivity contribution in [2.75, 3.05) is 14.2 Å². The van der Waals surface area contributed by atoms with E-state index < -0.39 is 6.10 Å². The summed E-state index contributed by atoms with van der Waals surface area (Å²) in [6.07, 6.45) is 4.38. The quantitative estimate of drug-likeness (QED) is 0.203. The summed E-state index contributed by atoms with van der Waals surface area (Å²) in [5, 5.41) is 9.69. The Kier molecular flexibility index (Phi) is 17.9. The average molecular weight is 590 g/mol. The summed E-state index contributed by atoms with van der Waals surface area (Å²) in [6.45, 7) is 6.93. The average Bonchev–Trinajstić information content (AvgIpc) is 2.98. The van der Waals surface area contributed by atoms with Crippen molar-refractivity contribution in [3.8, 4) is 33.8 Å². The first-order valence-electron chi connectivity index (χ1n) is 11.6. The smallest absolute Gasteiger partial charge is 1.00 e. The molecule has 0 amide bonds. The Balaban J connectivity index is 0.000000648. The molecule has 0 saturated heterocycles. The van der Waals surface area contributed by atoms with Gasteiger partial charge in [-0.3, -0.25) is 14.8 Å². The minimum Gasteiger partial charge on any atom is -1.00 e. The van der Waals surface area contributed by atoms with Crippen LogP contribution in [0.25, 0.3) is 22.3 Å². The minimum atomic E-state index is -0.482. The molecule has 2 aromatic heterocycles. The molecule has 0 fully saturated rings. The van der Waals surface area contributed by atoms with Crippen molar-refractivity contribution in [3.63, 3.8) is 0 Å². The van der Waals surface area contributed by atoms with Crippen LogP contribution >= 0.6 is 0 Å². The third-order valence-corrected chi connectivity index (χ3v) is 5.23. The van der Waals surface area contributed by atoms with Crippen molar-refractivity contribution in [1.29, 1.82) is 0 Å². The molecule has 1 N–H and O–H groups in total. The van der Waals surface area contributed by atoms with E-state index in [0.29, 0.717) is 17.8 Å². The van der Waals surface area contributed by atoms with Crippen molar-refractivity contribution < 1.29 is 36.4 Å². The number of pyridine rings is 2. The molecule has 0 aliphatic heterocycles. The number of hydrogen-bond donors (Lipinski definition) is 1. The Hall–Kier alpha value is -2.78. The van der Waals surface area contributed by atoms with E-state index in [1.54, 1.807) is 39.6 Å². The number of aliphatic hydroxyl groups excluding tert-OH is 1. The van der Waals surface area contributed by atoms with Crippen molar-refractivity contribution in [1.82, 2.24) is 9.97 Å². The number of methoxy groups -OCH3 is 2. The van der Waals surface area contributed by atoms with Crippen LogP contribution in [0.15, 0.2) is 85.2 Å². The van der Waals surface area contributed by atoms with Gasteiger partial charge in [-0.2, -0.15) is 6.92 Å². The predicted octanol–water partition coefficient (Wildman–Crippen LogP) is 3.23. The fraction of sp³-hybridized carbons (Fsp3) is 0.200. The van der Waals surface area contributed by atoms with Gasteiger partial charge in [-0.15, -0.1) is 0 Å². The largest absolute Gasteiger partial charge is 2.00 e. The van der Waals surface area contributed by atoms with Crippen molar-refractivity contribution in [2.24, 2.45) is 0 Å². The van der Waals surface area contributed by atoms with Gasteiger partial charge in [0.1, 0.15) is 17.2 Å². The summed E-state index contributed by atoms with van der Waals surface area (Å²) in [6, 6.07) is 22.9. The van der Waals surface area contributed by atoms with E-state index in [-0.39, 0.29) is 40.0 Å². The molecule has 1 atom stereocenters. The van der Waals surface area contributed by atoms with Crippen LogP contribution in [-0.2, 0) is 0 Å². The van der Waals surface area contributed by atoms with Gasteiger partial charge < -0.3 is 38.5 Å². The molecule has 6 nitrogen and oxygen atoms in total. The van der Waals surface area contributed by atoms with Crippen molar-refractivity contribution in [2.45, 2.75) is 26.4 Å². The standard InChI is InChI=1S/C15H17NO2.C13H11NO2.C2H5.BrH.Mg/c1-3-15(17)14-8-7-12(10-16-14)11-5-4-6-13(9-11)18-2;1-16-13-4-2-3-10(7-13)11-5-6-12(9-15)14-8-11;1-2;;/h4-10,15,17H,3H2,1-2H3;2-9H,1H3;1H2,2H3;1H;/q;;-1;;+2/p-1. The zero-order valence-electron chi connectivity index (χ0n) is 22.3. The zero-order valence-corrected chi connectivity index (χ0v) is 25.3. The summed E-state index contributed by atoms with van der Waals surface area (Å²) in [5.74, 6) is 1.63. The topological polar surface area (TPSA) is 81.5 Å². The molecular formula is C30H33BrMgN2O4. The third-order valence-electron chi connectivity index (χ3n) is 5.23. The molecule has 2 heterocycles. The summed E-state index contributed by atoms with van der Waals surface area (Å²) in [7, 11) is 3.28. The van der Waals surface area contributed by atoms with Crippen LogP contribution < -0.4 is 26.5 Å². The molecule has 1 unspecified atom stereocenters. The van der Waals surface area contributed by atoms with Crippen molar-refractivity contribution >= 4 is 29.3 Å². The second kappa shape index (κ2) is 19.3. The van der Waals surface area contributed by atoms with Gasteiger partial charge in [-0.05, 0) is 53.9 Å². The molecule has 0 aliphatic carbocycles. The second-order valence-corrected chi connectivity index (χ2v) is 7.45. The van der Waals surface area contributed by atoms with E-state index in [9.17, 15) is 9.90 Å². The first kappa shape index (κ1) is 35.2. The normalized spacial score (nSPS) is 10.1. The van der Waals surface area contributed by atoms with Gasteiger partial charge in [0.15, 0.2) is 6.29 Å². The van der Waals surface area contributed by atoms with E-state index in [0.717, 1.165) is 40.0 Å². The molecule has 2 aromatic carbocycles. The van der Waals surface area contributed by atoms with Gasteiger partial charge in [-0.25, -0.2) is 0 Å². The van der Waals surface area contributed by atoms with Gasteiger partial charge in [0, 0.05) is 23.5 Å². The van der Waals surface area contributed by atoms with Gasteiger partial charge in [0.2, 0.25) is 0 Å². The number of aromatic nitrogens is 2.